The molecule has 1 saturated heterocycles. The Balaban J connectivity index is 1.67. The van der Waals surface area contributed by atoms with E-state index in [1.54, 1.807) is 6.92 Å². The molecule has 0 bridgehead atoms. The van der Waals surface area contributed by atoms with Gasteiger partial charge in [0.25, 0.3) is 0 Å². The number of esters is 1. The van der Waals surface area contributed by atoms with Crippen molar-refractivity contribution in [1.29, 1.82) is 0 Å². The Kier molecular flexibility index (Phi) is 7.35. The Morgan fingerprint density at radius 3 is 2.31 bits per heavy atom. The molecule has 1 fully saturated rings. The Morgan fingerprint density at radius 2 is 1.66 bits per heavy atom. The number of hydrogen-bond donors (Lipinski definition) is 1. The minimum absolute atomic E-state index is 0.120. The first-order valence-corrected chi connectivity index (χ1v) is 12.0. The maximum Gasteiger partial charge on any atom is 0.341 e. The van der Waals surface area contributed by atoms with Crippen LogP contribution in [0.15, 0.2) is 66.0 Å². The van der Waals surface area contributed by atoms with Gasteiger partial charge in [0.05, 0.1) is 6.61 Å². The van der Waals surface area contributed by atoms with Crippen LogP contribution in [0, 0.1) is 0 Å². The summed E-state index contributed by atoms with van der Waals surface area (Å²) in [7, 11) is 0. The summed E-state index contributed by atoms with van der Waals surface area (Å²) < 4.78 is 5.34. The molecule has 2 heterocycles. The summed E-state index contributed by atoms with van der Waals surface area (Å²) in [6, 6.07) is 19.2. The van der Waals surface area contributed by atoms with Crippen LogP contribution >= 0.6 is 11.3 Å². The van der Waals surface area contributed by atoms with E-state index < -0.39 is 12.0 Å². The van der Waals surface area contributed by atoms with Crippen molar-refractivity contribution in [3.05, 3.63) is 77.2 Å². The number of piperidine rings is 1. The van der Waals surface area contributed by atoms with E-state index in [0.717, 1.165) is 42.6 Å². The monoisotopic (exact) mass is 448 g/mol. The Bertz CT molecular complexity index is 1040. The van der Waals surface area contributed by atoms with Crippen LogP contribution in [-0.2, 0) is 9.53 Å². The third-order valence-corrected chi connectivity index (χ3v) is 6.61. The predicted molar refractivity (Wildman–Crippen MR) is 129 cm³/mol. The van der Waals surface area contributed by atoms with E-state index in [4.69, 9.17) is 4.74 Å². The molecular weight excluding hydrogens is 420 g/mol. The molecule has 32 heavy (non-hydrogen) atoms. The molecule has 1 aliphatic rings. The molecule has 4 rings (SSSR count). The van der Waals surface area contributed by atoms with Crippen molar-refractivity contribution >= 4 is 28.2 Å². The van der Waals surface area contributed by atoms with Crippen LogP contribution < -0.4 is 5.32 Å². The highest BCUT2D eigenvalue weighted by Crippen LogP contribution is 2.37. The number of nitrogens with one attached hydrogen (secondary N) is 1. The van der Waals surface area contributed by atoms with Gasteiger partial charge < -0.3 is 10.1 Å². The van der Waals surface area contributed by atoms with Crippen LogP contribution in [-0.4, -0.2) is 36.5 Å². The zero-order valence-electron chi connectivity index (χ0n) is 18.3. The van der Waals surface area contributed by atoms with Gasteiger partial charge in [0.2, 0.25) is 5.91 Å². The summed E-state index contributed by atoms with van der Waals surface area (Å²) in [5.74, 6) is -0.540. The average Bonchev–Trinajstić information content (AvgIpc) is 3.25. The zero-order valence-corrected chi connectivity index (χ0v) is 19.1. The second-order valence-electron chi connectivity index (χ2n) is 7.84. The number of rotatable bonds is 7. The maximum atomic E-state index is 13.6. The molecular formula is C26H28N2O3S. The smallest absolute Gasteiger partial charge is 0.341 e. The second-order valence-corrected chi connectivity index (χ2v) is 8.72. The summed E-state index contributed by atoms with van der Waals surface area (Å²) in [6.45, 7) is 3.83. The number of thiophene rings is 1. The quantitative estimate of drug-likeness (QED) is 0.467. The van der Waals surface area contributed by atoms with E-state index in [2.05, 4.69) is 10.2 Å². The van der Waals surface area contributed by atoms with Crippen LogP contribution in [0.25, 0.3) is 11.1 Å². The molecule has 6 heteroatoms. The summed E-state index contributed by atoms with van der Waals surface area (Å²) in [5.41, 5.74) is 3.08. The highest BCUT2D eigenvalue weighted by Gasteiger charge is 2.31. The zero-order chi connectivity index (χ0) is 22.3. The van der Waals surface area contributed by atoms with Gasteiger partial charge in [-0.25, -0.2) is 4.79 Å². The highest BCUT2D eigenvalue weighted by atomic mass is 32.1. The number of carbonyl (C=O) groups is 2. The largest absolute Gasteiger partial charge is 0.462 e. The van der Waals surface area contributed by atoms with Gasteiger partial charge in [0, 0.05) is 10.9 Å². The number of benzene rings is 2. The molecule has 3 aromatic rings. The van der Waals surface area contributed by atoms with E-state index in [-0.39, 0.29) is 12.5 Å². The fraction of sp³-hybridized carbons (Fsp3) is 0.308. The van der Waals surface area contributed by atoms with Gasteiger partial charge in [0.15, 0.2) is 0 Å². The van der Waals surface area contributed by atoms with Gasteiger partial charge in [-0.3, -0.25) is 9.69 Å². The molecule has 0 spiro atoms. The fourth-order valence-corrected chi connectivity index (χ4v) is 5.17. The molecule has 0 aliphatic carbocycles. The summed E-state index contributed by atoms with van der Waals surface area (Å²) in [4.78, 5) is 28.7. The first-order chi connectivity index (χ1) is 15.7. The molecule has 2 aromatic carbocycles. The lowest BCUT2D eigenvalue weighted by molar-refractivity contribution is -0.121. The van der Waals surface area contributed by atoms with Crippen molar-refractivity contribution in [3.8, 4) is 11.1 Å². The van der Waals surface area contributed by atoms with Gasteiger partial charge in [-0.1, -0.05) is 67.1 Å². The molecule has 1 atom stereocenters. The van der Waals surface area contributed by atoms with Gasteiger partial charge in [-0.15, -0.1) is 11.3 Å². The van der Waals surface area contributed by atoms with Crippen LogP contribution in [0.2, 0.25) is 0 Å². The van der Waals surface area contributed by atoms with Crippen molar-refractivity contribution < 1.29 is 14.3 Å². The minimum atomic E-state index is -0.419. The Morgan fingerprint density at radius 1 is 1.00 bits per heavy atom. The van der Waals surface area contributed by atoms with Gasteiger partial charge >= 0.3 is 5.97 Å². The van der Waals surface area contributed by atoms with Crippen LogP contribution in [0.4, 0.5) is 5.00 Å². The Hall–Kier alpha value is -2.96. The van der Waals surface area contributed by atoms with Crippen molar-refractivity contribution in [2.75, 3.05) is 25.0 Å². The standard InChI is InChI=1S/C26H28N2O3S/c1-2-31-26(30)22-21(19-12-6-3-7-13-19)18-32-25(22)27-24(29)23(20-14-8-4-9-15-20)28-16-10-5-11-17-28/h3-4,6-9,12-15,18,23H,2,5,10-11,16-17H2,1H3,(H,27,29)/t23-/m1/s1. The normalized spacial score (nSPS) is 15.2. The third-order valence-electron chi connectivity index (χ3n) is 5.71. The number of hydrogen-bond acceptors (Lipinski definition) is 5. The maximum absolute atomic E-state index is 13.6. The van der Waals surface area contributed by atoms with E-state index in [1.165, 1.54) is 17.8 Å². The Labute approximate surface area is 193 Å². The summed E-state index contributed by atoms with van der Waals surface area (Å²) >= 11 is 1.36. The second kappa shape index (κ2) is 10.6. The number of likely N-dealkylation sites (tertiary alicyclic amines) is 1. The van der Waals surface area contributed by atoms with Crippen molar-refractivity contribution in [1.82, 2.24) is 4.90 Å². The molecule has 0 saturated carbocycles. The lowest BCUT2D eigenvalue weighted by atomic mass is 10.0. The van der Waals surface area contributed by atoms with Crippen molar-refractivity contribution in [2.45, 2.75) is 32.2 Å². The number of ether oxygens (including phenoxy) is 1. The predicted octanol–water partition coefficient (Wildman–Crippen LogP) is 5.76. The SMILES string of the molecule is CCOC(=O)c1c(-c2ccccc2)csc1NC(=O)[C@@H](c1ccccc1)N1CCCCC1. The fourth-order valence-electron chi connectivity index (χ4n) is 4.21. The number of carbonyl (C=O) groups excluding carboxylic acids is 2. The van der Waals surface area contributed by atoms with E-state index in [9.17, 15) is 9.59 Å². The van der Waals surface area contributed by atoms with E-state index in [1.807, 2.05) is 66.0 Å². The van der Waals surface area contributed by atoms with Gasteiger partial charge in [0.1, 0.15) is 16.6 Å². The van der Waals surface area contributed by atoms with E-state index >= 15 is 0 Å². The first kappa shape index (κ1) is 22.2. The van der Waals surface area contributed by atoms with E-state index in [0.29, 0.717) is 10.6 Å². The number of nitrogens with zero attached hydrogens (tertiary/aromatic N) is 1. The molecule has 1 aliphatic heterocycles. The number of anilines is 1. The average molecular weight is 449 g/mol. The van der Waals surface area contributed by atoms with Gasteiger partial charge in [-0.2, -0.15) is 0 Å². The van der Waals surface area contributed by atoms with Crippen LogP contribution in [0.3, 0.4) is 0 Å². The topological polar surface area (TPSA) is 58.6 Å². The highest BCUT2D eigenvalue weighted by molar-refractivity contribution is 7.15. The lowest BCUT2D eigenvalue weighted by Crippen LogP contribution is -2.40. The van der Waals surface area contributed by atoms with Crippen LogP contribution in [0.1, 0.15) is 48.1 Å². The van der Waals surface area contributed by atoms with Crippen LogP contribution in [0.5, 0.6) is 0 Å². The number of amides is 1. The van der Waals surface area contributed by atoms with Crippen molar-refractivity contribution in [3.63, 3.8) is 0 Å². The third kappa shape index (κ3) is 4.92. The molecule has 0 unspecified atom stereocenters. The molecule has 0 radical (unpaired) electrons. The molecule has 1 N–H and O–H groups in total. The molecule has 166 valence electrons. The van der Waals surface area contributed by atoms with Gasteiger partial charge in [-0.05, 0) is 44.0 Å². The lowest BCUT2D eigenvalue weighted by Gasteiger charge is -2.33. The minimum Gasteiger partial charge on any atom is -0.462 e. The van der Waals surface area contributed by atoms with Crippen molar-refractivity contribution in [2.24, 2.45) is 0 Å². The summed E-state index contributed by atoms with van der Waals surface area (Å²) in [6.07, 6.45) is 3.36. The molecule has 1 amide bonds. The molecule has 1 aromatic heterocycles. The summed E-state index contributed by atoms with van der Waals surface area (Å²) in [5, 5.41) is 5.52. The molecule has 5 nitrogen and oxygen atoms in total. The first-order valence-electron chi connectivity index (χ1n) is 11.1.